The van der Waals surface area contributed by atoms with Gasteiger partial charge in [-0.25, -0.2) is 9.18 Å². The number of fused-ring (bicyclic) bond motifs is 1. The molecule has 3 N–H and O–H groups in total. The molecule has 1 aliphatic rings. The standard InChI is InChI=1S/C22H23FN4O5/c1-31-14-10-15(23)20(16(24)11-14)21(29)25-13-5-6-18-17(9-13)27(22(30)32-18)12-19(28)26-7-3-2-4-8-26/h5-6,9-11H,2-4,7-8,12,24H2,1H3,(H,25,29). The van der Waals surface area contributed by atoms with Gasteiger partial charge in [-0.2, -0.15) is 0 Å². The molecule has 3 aromatic rings. The van der Waals surface area contributed by atoms with E-state index in [1.54, 1.807) is 4.90 Å². The number of benzene rings is 2. The van der Waals surface area contributed by atoms with Crippen LogP contribution in [0, 0.1) is 5.82 Å². The van der Waals surface area contributed by atoms with Gasteiger partial charge in [0.15, 0.2) is 5.58 Å². The van der Waals surface area contributed by atoms with Crippen molar-refractivity contribution in [2.24, 2.45) is 0 Å². The predicted octanol–water partition coefficient (Wildman–Crippen LogP) is 2.59. The first-order valence-electron chi connectivity index (χ1n) is 10.2. The van der Waals surface area contributed by atoms with E-state index in [-0.39, 0.29) is 40.7 Å². The second-order valence-electron chi connectivity index (χ2n) is 7.61. The summed E-state index contributed by atoms with van der Waals surface area (Å²) in [5.41, 5.74) is 6.32. The van der Waals surface area contributed by atoms with E-state index < -0.39 is 17.5 Å². The first-order valence-corrected chi connectivity index (χ1v) is 10.2. The Kier molecular flexibility index (Phi) is 5.85. The molecule has 0 spiro atoms. The summed E-state index contributed by atoms with van der Waals surface area (Å²) in [4.78, 5) is 39.3. The Hall–Kier alpha value is -3.82. The van der Waals surface area contributed by atoms with E-state index in [0.29, 0.717) is 18.6 Å². The van der Waals surface area contributed by atoms with Crippen LogP contribution in [0.4, 0.5) is 15.8 Å². The Morgan fingerprint density at radius 2 is 1.94 bits per heavy atom. The maximum atomic E-state index is 14.4. The number of nitrogens with two attached hydrogens (primary N) is 1. The van der Waals surface area contributed by atoms with Gasteiger partial charge in [0.05, 0.1) is 23.9 Å². The Morgan fingerprint density at radius 3 is 2.62 bits per heavy atom. The normalized spacial score (nSPS) is 13.9. The second-order valence-corrected chi connectivity index (χ2v) is 7.61. The molecule has 1 fully saturated rings. The van der Waals surface area contributed by atoms with E-state index in [9.17, 15) is 18.8 Å². The summed E-state index contributed by atoms with van der Waals surface area (Å²) >= 11 is 0. The zero-order chi connectivity index (χ0) is 22.8. The fraction of sp³-hybridized carbons (Fsp3) is 0.318. The first-order chi connectivity index (χ1) is 15.4. The molecule has 2 amide bonds. The van der Waals surface area contributed by atoms with Crippen LogP contribution < -0.4 is 21.5 Å². The van der Waals surface area contributed by atoms with Crippen molar-refractivity contribution in [2.75, 3.05) is 31.2 Å². The molecule has 2 heterocycles. The van der Waals surface area contributed by atoms with Crippen molar-refractivity contribution in [2.45, 2.75) is 25.8 Å². The van der Waals surface area contributed by atoms with Crippen LogP contribution in [0.25, 0.3) is 11.1 Å². The molecule has 4 rings (SSSR count). The number of methoxy groups -OCH3 is 1. The van der Waals surface area contributed by atoms with Crippen LogP contribution >= 0.6 is 0 Å². The first kappa shape index (κ1) is 21.4. The molecule has 2 aromatic carbocycles. The summed E-state index contributed by atoms with van der Waals surface area (Å²) in [6.07, 6.45) is 2.96. The number of aromatic nitrogens is 1. The Bertz CT molecular complexity index is 1220. The minimum absolute atomic E-state index is 0.0761. The fourth-order valence-corrected chi connectivity index (χ4v) is 3.82. The average Bonchev–Trinajstić information content (AvgIpc) is 3.08. The summed E-state index contributed by atoms with van der Waals surface area (Å²) in [6, 6.07) is 6.92. The molecule has 9 nitrogen and oxygen atoms in total. The number of carbonyl (C=O) groups excluding carboxylic acids is 2. The number of carbonyl (C=O) groups is 2. The molecule has 10 heteroatoms. The maximum absolute atomic E-state index is 14.4. The second kappa shape index (κ2) is 8.74. The van der Waals surface area contributed by atoms with Gasteiger partial charge in [-0.05, 0) is 37.5 Å². The van der Waals surface area contributed by atoms with Crippen molar-refractivity contribution in [1.29, 1.82) is 0 Å². The van der Waals surface area contributed by atoms with E-state index in [4.69, 9.17) is 14.9 Å². The number of hydrogen-bond acceptors (Lipinski definition) is 6. The Balaban J connectivity index is 1.60. The molecule has 168 valence electrons. The number of hydrogen-bond donors (Lipinski definition) is 2. The number of nitrogens with zero attached hydrogens (tertiary/aromatic N) is 2. The number of nitrogens with one attached hydrogen (secondary N) is 1. The van der Waals surface area contributed by atoms with Crippen molar-refractivity contribution >= 4 is 34.3 Å². The molecule has 0 radical (unpaired) electrons. The highest BCUT2D eigenvalue weighted by molar-refractivity contribution is 6.08. The summed E-state index contributed by atoms with van der Waals surface area (Å²) in [5, 5.41) is 2.57. The Labute approximate surface area is 182 Å². The predicted molar refractivity (Wildman–Crippen MR) is 116 cm³/mol. The summed E-state index contributed by atoms with van der Waals surface area (Å²) in [7, 11) is 1.36. The average molecular weight is 442 g/mol. The van der Waals surface area contributed by atoms with Gasteiger partial charge in [-0.15, -0.1) is 0 Å². The third-order valence-corrected chi connectivity index (χ3v) is 5.48. The number of rotatable bonds is 5. The number of likely N-dealkylation sites (tertiary alicyclic amines) is 1. The van der Waals surface area contributed by atoms with E-state index in [0.717, 1.165) is 25.3 Å². The van der Waals surface area contributed by atoms with Crippen molar-refractivity contribution in [3.8, 4) is 5.75 Å². The number of ether oxygens (including phenoxy) is 1. The highest BCUT2D eigenvalue weighted by Gasteiger charge is 2.21. The van der Waals surface area contributed by atoms with Crippen molar-refractivity contribution < 1.29 is 23.1 Å². The number of amides is 2. The molecule has 0 atom stereocenters. The lowest BCUT2D eigenvalue weighted by molar-refractivity contribution is -0.132. The highest BCUT2D eigenvalue weighted by atomic mass is 19.1. The largest absolute Gasteiger partial charge is 0.497 e. The van der Waals surface area contributed by atoms with Crippen LogP contribution in [0.3, 0.4) is 0 Å². The van der Waals surface area contributed by atoms with Gasteiger partial charge in [0.1, 0.15) is 18.1 Å². The van der Waals surface area contributed by atoms with E-state index in [2.05, 4.69) is 5.32 Å². The third-order valence-electron chi connectivity index (χ3n) is 5.48. The lowest BCUT2D eigenvalue weighted by Gasteiger charge is -2.26. The molecule has 0 saturated carbocycles. The molecule has 1 saturated heterocycles. The maximum Gasteiger partial charge on any atom is 0.420 e. The van der Waals surface area contributed by atoms with Crippen molar-refractivity contribution in [3.05, 3.63) is 52.3 Å². The minimum Gasteiger partial charge on any atom is -0.497 e. The molecule has 0 bridgehead atoms. The van der Waals surface area contributed by atoms with Crippen LogP contribution in [0.5, 0.6) is 5.75 Å². The number of piperidine rings is 1. The van der Waals surface area contributed by atoms with Gasteiger partial charge < -0.3 is 25.1 Å². The van der Waals surface area contributed by atoms with Gasteiger partial charge in [-0.1, -0.05) is 0 Å². The highest BCUT2D eigenvalue weighted by Crippen LogP contribution is 2.25. The molecule has 0 unspecified atom stereocenters. The zero-order valence-electron chi connectivity index (χ0n) is 17.5. The monoisotopic (exact) mass is 442 g/mol. The smallest absolute Gasteiger partial charge is 0.420 e. The number of oxazole rings is 1. The van der Waals surface area contributed by atoms with Crippen LogP contribution in [-0.4, -0.2) is 41.5 Å². The van der Waals surface area contributed by atoms with E-state index >= 15 is 0 Å². The molecular formula is C22H23FN4O5. The van der Waals surface area contributed by atoms with Crippen molar-refractivity contribution in [3.63, 3.8) is 0 Å². The lowest BCUT2D eigenvalue weighted by atomic mass is 10.1. The molecular weight excluding hydrogens is 419 g/mol. The lowest BCUT2D eigenvalue weighted by Crippen LogP contribution is -2.39. The van der Waals surface area contributed by atoms with Crippen LogP contribution in [0.1, 0.15) is 29.6 Å². The number of nitrogen functional groups attached to an aromatic ring is 1. The van der Waals surface area contributed by atoms with Gasteiger partial charge in [0, 0.05) is 30.9 Å². The minimum atomic E-state index is -0.826. The quantitative estimate of drug-likeness (QED) is 0.586. The zero-order valence-corrected chi connectivity index (χ0v) is 17.5. The van der Waals surface area contributed by atoms with Gasteiger partial charge in [0.2, 0.25) is 5.91 Å². The fourth-order valence-electron chi connectivity index (χ4n) is 3.82. The summed E-state index contributed by atoms with van der Waals surface area (Å²) < 4.78 is 25.8. The number of halogens is 1. The molecule has 1 aromatic heterocycles. The summed E-state index contributed by atoms with van der Waals surface area (Å²) in [5.74, 6) is -2.23. The SMILES string of the molecule is COc1cc(N)c(C(=O)Nc2ccc3oc(=O)n(CC(=O)N4CCCCC4)c3c2)c(F)c1. The van der Waals surface area contributed by atoms with Gasteiger partial charge in [0.25, 0.3) is 5.91 Å². The van der Waals surface area contributed by atoms with Crippen LogP contribution in [0.15, 0.2) is 39.5 Å². The molecule has 0 aliphatic carbocycles. The van der Waals surface area contributed by atoms with Crippen LogP contribution in [-0.2, 0) is 11.3 Å². The van der Waals surface area contributed by atoms with Gasteiger partial charge >= 0.3 is 5.76 Å². The van der Waals surface area contributed by atoms with Crippen LogP contribution in [0.2, 0.25) is 0 Å². The Morgan fingerprint density at radius 1 is 1.19 bits per heavy atom. The third kappa shape index (κ3) is 4.16. The topological polar surface area (TPSA) is 120 Å². The summed E-state index contributed by atoms with van der Waals surface area (Å²) in [6.45, 7) is 1.17. The van der Waals surface area contributed by atoms with Gasteiger partial charge in [-0.3, -0.25) is 14.2 Å². The van der Waals surface area contributed by atoms with E-state index in [1.807, 2.05) is 0 Å². The molecule has 1 aliphatic heterocycles. The van der Waals surface area contributed by atoms with E-state index in [1.165, 1.54) is 35.9 Å². The van der Waals surface area contributed by atoms with Crippen molar-refractivity contribution in [1.82, 2.24) is 9.47 Å². The number of anilines is 2. The molecule has 32 heavy (non-hydrogen) atoms.